The number of halogens is 2. The van der Waals surface area contributed by atoms with Crippen LogP contribution < -0.4 is 4.74 Å². The zero-order valence-electron chi connectivity index (χ0n) is 11.1. The molecule has 2 rings (SSSR count). The maximum Gasteiger partial charge on any atom is 0.320 e. The minimum absolute atomic E-state index is 0.107. The van der Waals surface area contributed by atoms with Crippen molar-refractivity contribution in [1.82, 2.24) is 9.55 Å². The standard InChI is InChI=1S/C14H14F2N2O2/c1-9-3-4-12(11(7-9)10(2)19)20-8-13-17-5-6-18(13)14(15)16/h3-7,14H,8H2,1-2H3. The van der Waals surface area contributed by atoms with Crippen LogP contribution in [0, 0.1) is 6.92 Å². The molecule has 0 atom stereocenters. The second kappa shape index (κ2) is 5.81. The van der Waals surface area contributed by atoms with Crippen molar-refractivity contribution in [2.75, 3.05) is 0 Å². The van der Waals surface area contributed by atoms with E-state index in [-0.39, 0.29) is 18.2 Å². The first-order valence-corrected chi connectivity index (χ1v) is 6.03. The molecule has 0 saturated carbocycles. The summed E-state index contributed by atoms with van der Waals surface area (Å²) in [5.41, 5.74) is 1.36. The number of rotatable bonds is 5. The van der Waals surface area contributed by atoms with Gasteiger partial charge in [-0.3, -0.25) is 9.36 Å². The van der Waals surface area contributed by atoms with E-state index in [4.69, 9.17) is 4.74 Å². The lowest BCUT2D eigenvalue weighted by Crippen LogP contribution is -2.08. The van der Waals surface area contributed by atoms with Crippen LogP contribution in [0.2, 0.25) is 0 Å². The van der Waals surface area contributed by atoms with Crippen LogP contribution in [0.1, 0.15) is 35.2 Å². The molecule has 4 nitrogen and oxygen atoms in total. The quantitative estimate of drug-likeness (QED) is 0.789. The molecule has 0 saturated heterocycles. The van der Waals surface area contributed by atoms with E-state index in [2.05, 4.69) is 4.98 Å². The van der Waals surface area contributed by atoms with Gasteiger partial charge in [0.2, 0.25) is 0 Å². The Bertz CT molecular complexity index is 623. The van der Waals surface area contributed by atoms with Crippen LogP contribution in [0.3, 0.4) is 0 Å². The van der Waals surface area contributed by atoms with E-state index < -0.39 is 6.55 Å². The van der Waals surface area contributed by atoms with E-state index in [1.54, 1.807) is 18.2 Å². The number of imidazole rings is 1. The summed E-state index contributed by atoms with van der Waals surface area (Å²) in [5.74, 6) is 0.336. The van der Waals surface area contributed by atoms with Gasteiger partial charge in [0, 0.05) is 12.4 Å². The first kappa shape index (κ1) is 14.2. The molecule has 0 N–H and O–H groups in total. The third-order valence-corrected chi connectivity index (χ3v) is 2.83. The van der Waals surface area contributed by atoms with E-state index >= 15 is 0 Å². The molecule has 0 unspecified atom stereocenters. The van der Waals surface area contributed by atoms with Gasteiger partial charge in [0.25, 0.3) is 0 Å². The van der Waals surface area contributed by atoms with E-state index in [0.717, 1.165) is 10.1 Å². The minimum atomic E-state index is -2.67. The number of carbonyl (C=O) groups is 1. The summed E-state index contributed by atoms with van der Waals surface area (Å²) >= 11 is 0. The van der Waals surface area contributed by atoms with E-state index in [1.165, 1.54) is 19.3 Å². The molecular weight excluding hydrogens is 266 g/mol. The van der Waals surface area contributed by atoms with E-state index in [9.17, 15) is 13.6 Å². The molecule has 1 heterocycles. The monoisotopic (exact) mass is 280 g/mol. The van der Waals surface area contributed by atoms with Gasteiger partial charge in [0.15, 0.2) is 11.6 Å². The van der Waals surface area contributed by atoms with Gasteiger partial charge in [-0.2, -0.15) is 8.78 Å². The maximum atomic E-state index is 12.7. The molecule has 0 spiro atoms. The molecule has 1 aromatic carbocycles. The highest BCUT2D eigenvalue weighted by Crippen LogP contribution is 2.22. The molecule has 0 bridgehead atoms. The fourth-order valence-corrected chi connectivity index (χ4v) is 1.82. The molecule has 106 valence electrons. The van der Waals surface area contributed by atoms with Crippen LogP contribution in [0.25, 0.3) is 0 Å². The van der Waals surface area contributed by atoms with E-state index in [1.807, 2.05) is 6.92 Å². The fourth-order valence-electron chi connectivity index (χ4n) is 1.82. The molecule has 0 amide bonds. The van der Waals surface area contributed by atoms with Crippen molar-refractivity contribution in [3.05, 3.63) is 47.5 Å². The Morgan fingerprint density at radius 3 is 2.85 bits per heavy atom. The third-order valence-electron chi connectivity index (χ3n) is 2.83. The van der Waals surface area contributed by atoms with Gasteiger partial charge >= 0.3 is 6.55 Å². The number of aromatic nitrogens is 2. The number of hydrogen-bond acceptors (Lipinski definition) is 3. The first-order chi connectivity index (χ1) is 9.49. The highest BCUT2D eigenvalue weighted by atomic mass is 19.3. The molecule has 6 heteroatoms. The molecule has 0 fully saturated rings. The Kier molecular flexibility index (Phi) is 4.12. The molecule has 0 aliphatic rings. The average molecular weight is 280 g/mol. The van der Waals surface area contributed by atoms with Crippen LogP contribution in [0.15, 0.2) is 30.6 Å². The normalized spacial score (nSPS) is 10.8. The molecule has 1 aromatic heterocycles. The van der Waals surface area contributed by atoms with Gasteiger partial charge in [-0.15, -0.1) is 0 Å². The van der Waals surface area contributed by atoms with Crippen LogP contribution >= 0.6 is 0 Å². The number of carbonyl (C=O) groups excluding carboxylic acids is 1. The Balaban J connectivity index is 2.19. The zero-order chi connectivity index (χ0) is 14.7. The van der Waals surface area contributed by atoms with Crippen molar-refractivity contribution in [3.8, 4) is 5.75 Å². The van der Waals surface area contributed by atoms with E-state index in [0.29, 0.717) is 11.3 Å². The van der Waals surface area contributed by atoms with Crippen LogP contribution in [0.5, 0.6) is 5.75 Å². The number of Topliss-reactive ketones (excluding diaryl/α,β-unsaturated/α-hetero) is 1. The number of hydrogen-bond donors (Lipinski definition) is 0. The Hall–Kier alpha value is -2.24. The van der Waals surface area contributed by atoms with Gasteiger partial charge in [0.05, 0.1) is 5.56 Å². The van der Waals surface area contributed by atoms with Gasteiger partial charge in [-0.1, -0.05) is 11.6 Å². The van der Waals surface area contributed by atoms with Crippen LogP contribution in [0.4, 0.5) is 8.78 Å². The maximum absolute atomic E-state index is 12.7. The van der Waals surface area contributed by atoms with Crippen molar-refractivity contribution < 1.29 is 18.3 Å². The third kappa shape index (κ3) is 3.01. The summed E-state index contributed by atoms with van der Waals surface area (Å²) in [6.07, 6.45) is 2.47. The first-order valence-electron chi connectivity index (χ1n) is 6.03. The molecule has 0 radical (unpaired) electrons. The predicted molar refractivity (Wildman–Crippen MR) is 69.0 cm³/mol. The summed E-state index contributed by atoms with van der Waals surface area (Å²) in [7, 11) is 0. The smallest absolute Gasteiger partial charge is 0.320 e. The lowest BCUT2D eigenvalue weighted by atomic mass is 10.1. The number of benzene rings is 1. The number of aryl methyl sites for hydroxylation is 1. The van der Waals surface area contributed by atoms with Crippen molar-refractivity contribution >= 4 is 5.78 Å². The lowest BCUT2D eigenvalue weighted by Gasteiger charge is -2.11. The molecule has 0 aliphatic heterocycles. The Labute approximate surface area is 115 Å². The van der Waals surface area contributed by atoms with Crippen molar-refractivity contribution in [1.29, 1.82) is 0 Å². The second-order valence-corrected chi connectivity index (χ2v) is 4.37. The second-order valence-electron chi connectivity index (χ2n) is 4.37. The zero-order valence-corrected chi connectivity index (χ0v) is 11.1. The number of alkyl halides is 2. The Morgan fingerprint density at radius 1 is 1.45 bits per heavy atom. The molecule has 0 aliphatic carbocycles. The van der Waals surface area contributed by atoms with Gasteiger partial charge in [-0.25, -0.2) is 4.98 Å². The van der Waals surface area contributed by atoms with Crippen LogP contribution in [-0.4, -0.2) is 15.3 Å². The highest BCUT2D eigenvalue weighted by Gasteiger charge is 2.14. The van der Waals surface area contributed by atoms with Crippen molar-refractivity contribution in [3.63, 3.8) is 0 Å². The lowest BCUT2D eigenvalue weighted by molar-refractivity contribution is 0.0631. The summed E-state index contributed by atoms with van der Waals surface area (Å²) in [4.78, 5) is 15.4. The number of ketones is 1. The topological polar surface area (TPSA) is 44.1 Å². The SMILES string of the molecule is CC(=O)c1cc(C)ccc1OCc1nccn1C(F)F. The fraction of sp³-hybridized carbons (Fsp3) is 0.286. The van der Waals surface area contributed by atoms with Gasteiger partial charge in [0.1, 0.15) is 12.4 Å². The largest absolute Gasteiger partial charge is 0.485 e. The predicted octanol–water partition coefficient (Wildman–Crippen LogP) is 3.37. The molecule has 20 heavy (non-hydrogen) atoms. The number of nitrogens with zero attached hydrogens (tertiary/aromatic N) is 2. The minimum Gasteiger partial charge on any atom is -0.485 e. The average Bonchev–Trinajstić information content (AvgIpc) is 2.85. The summed E-state index contributed by atoms with van der Waals surface area (Å²) in [6, 6.07) is 5.15. The number of ether oxygens (including phenoxy) is 1. The van der Waals surface area contributed by atoms with Gasteiger partial charge in [-0.05, 0) is 26.0 Å². The highest BCUT2D eigenvalue weighted by molar-refractivity contribution is 5.97. The molecule has 2 aromatic rings. The summed E-state index contributed by atoms with van der Waals surface area (Å²) in [6.45, 7) is 0.503. The van der Waals surface area contributed by atoms with Crippen molar-refractivity contribution in [2.45, 2.75) is 27.0 Å². The molecular formula is C14H14F2N2O2. The summed E-state index contributed by atoms with van der Waals surface area (Å²) in [5, 5.41) is 0. The van der Waals surface area contributed by atoms with Crippen LogP contribution in [-0.2, 0) is 6.61 Å². The van der Waals surface area contributed by atoms with Gasteiger partial charge < -0.3 is 4.74 Å². The summed E-state index contributed by atoms with van der Waals surface area (Å²) < 4.78 is 31.5. The Morgan fingerprint density at radius 2 is 2.20 bits per heavy atom. The van der Waals surface area contributed by atoms with Crippen molar-refractivity contribution in [2.24, 2.45) is 0 Å².